The molecule has 18 heavy (non-hydrogen) atoms. The largest absolute Gasteiger partial charge is 0.481 e. The minimum absolute atomic E-state index is 0.644. The van der Waals surface area contributed by atoms with Gasteiger partial charge >= 0.3 is 0 Å². The fraction of sp³-hybridized carbons (Fsp3) is 0.267. The summed E-state index contributed by atoms with van der Waals surface area (Å²) in [5.41, 5.74) is 4.90. The number of nitrogens with one attached hydrogen (secondary N) is 1. The monoisotopic (exact) mass is 242 g/mol. The van der Waals surface area contributed by atoms with Crippen LogP contribution in [0.25, 0.3) is 0 Å². The van der Waals surface area contributed by atoms with Gasteiger partial charge in [0.05, 0.1) is 7.11 Å². The lowest BCUT2D eigenvalue weighted by Gasteiger charge is -2.11. The van der Waals surface area contributed by atoms with Gasteiger partial charge in [0, 0.05) is 24.5 Å². The van der Waals surface area contributed by atoms with Crippen molar-refractivity contribution in [1.29, 1.82) is 0 Å². The van der Waals surface area contributed by atoms with Crippen LogP contribution >= 0.6 is 0 Å². The SMILES string of the molecule is COc1ccc(CNc2cccc(C)c2C)cn1. The first-order valence-corrected chi connectivity index (χ1v) is 5.99. The normalized spacial score (nSPS) is 10.2. The van der Waals surface area contributed by atoms with E-state index in [-0.39, 0.29) is 0 Å². The molecule has 0 aliphatic heterocycles. The fourth-order valence-electron chi connectivity index (χ4n) is 1.78. The van der Waals surface area contributed by atoms with E-state index in [0.29, 0.717) is 5.88 Å². The van der Waals surface area contributed by atoms with Crippen LogP contribution in [0, 0.1) is 13.8 Å². The number of pyridine rings is 1. The summed E-state index contributed by atoms with van der Waals surface area (Å²) in [6, 6.07) is 10.2. The standard InChI is InChI=1S/C15H18N2O/c1-11-5-4-6-14(12(11)2)16-9-13-7-8-15(18-3)17-10-13/h4-8,10,16H,9H2,1-3H3. The van der Waals surface area contributed by atoms with E-state index in [1.54, 1.807) is 7.11 Å². The molecular weight excluding hydrogens is 224 g/mol. The maximum atomic E-state index is 5.04. The van der Waals surface area contributed by atoms with Gasteiger partial charge in [0.2, 0.25) is 5.88 Å². The minimum atomic E-state index is 0.644. The number of anilines is 1. The zero-order valence-corrected chi connectivity index (χ0v) is 11.0. The van der Waals surface area contributed by atoms with Crippen molar-refractivity contribution in [1.82, 2.24) is 4.98 Å². The van der Waals surface area contributed by atoms with Crippen LogP contribution in [-0.4, -0.2) is 12.1 Å². The second-order valence-corrected chi connectivity index (χ2v) is 4.31. The van der Waals surface area contributed by atoms with E-state index < -0.39 is 0 Å². The molecule has 3 nitrogen and oxygen atoms in total. The first kappa shape index (κ1) is 12.4. The van der Waals surface area contributed by atoms with Crippen LogP contribution in [0.2, 0.25) is 0 Å². The van der Waals surface area contributed by atoms with Gasteiger partial charge in [0.15, 0.2) is 0 Å². The molecule has 0 aliphatic rings. The van der Waals surface area contributed by atoms with E-state index in [1.165, 1.54) is 16.8 Å². The molecule has 1 aromatic heterocycles. The van der Waals surface area contributed by atoms with Gasteiger partial charge in [-0.15, -0.1) is 0 Å². The quantitative estimate of drug-likeness (QED) is 0.893. The topological polar surface area (TPSA) is 34.1 Å². The number of methoxy groups -OCH3 is 1. The lowest BCUT2D eigenvalue weighted by molar-refractivity contribution is 0.397. The van der Waals surface area contributed by atoms with Gasteiger partial charge in [0.1, 0.15) is 0 Å². The highest BCUT2D eigenvalue weighted by Gasteiger charge is 2.00. The van der Waals surface area contributed by atoms with Crippen LogP contribution in [0.4, 0.5) is 5.69 Å². The summed E-state index contributed by atoms with van der Waals surface area (Å²) >= 11 is 0. The Morgan fingerprint density at radius 2 is 2.00 bits per heavy atom. The lowest BCUT2D eigenvalue weighted by atomic mass is 10.1. The number of hydrogen-bond acceptors (Lipinski definition) is 3. The third-order valence-electron chi connectivity index (χ3n) is 3.09. The Balaban J connectivity index is 2.04. The van der Waals surface area contributed by atoms with Crippen LogP contribution in [0.1, 0.15) is 16.7 Å². The Labute approximate surface area is 108 Å². The number of benzene rings is 1. The molecule has 1 aromatic carbocycles. The van der Waals surface area contributed by atoms with Crippen LogP contribution < -0.4 is 10.1 Å². The number of hydrogen-bond donors (Lipinski definition) is 1. The molecule has 0 amide bonds. The highest BCUT2D eigenvalue weighted by Crippen LogP contribution is 2.18. The van der Waals surface area contributed by atoms with E-state index in [2.05, 4.69) is 42.3 Å². The van der Waals surface area contributed by atoms with Crippen molar-refractivity contribution in [3.63, 3.8) is 0 Å². The van der Waals surface area contributed by atoms with E-state index in [9.17, 15) is 0 Å². The molecule has 0 saturated carbocycles. The molecule has 1 N–H and O–H groups in total. The number of rotatable bonds is 4. The van der Waals surface area contributed by atoms with Gasteiger partial charge in [-0.3, -0.25) is 0 Å². The molecule has 0 aliphatic carbocycles. The van der Waals surface area contributed by atoms with E-state index in [0.717, 1.165) is 12.1 Å². The predicted molar refractivity (Wildman–Crippen MR) is 74.0 cm³/mol. The van der Waals surface area contributed by atoms with Gasteiger partial charge < -0.3 is 10.1 Å². The van der Waals surface area contributed by atoms with Gasteiger partial charge in [-0.05, 0) is 36.6 Å². The Bertz CT molecular complexity index is 521. The maximum absolute atomic E-state index is 5.04. The third kappa shape index (κ3) is 2.80. The Morgan fingerprint density at radius 3 is 2.67 bits per heavy atom. The molecule has 3 heteroatoms. The zero-order valence-electron chi connectivity index (χ0n) is 11.0. The highest BCUT2D eigenvalue weighted by atomic mass is 16.5. The number of nitrogens with zero attached hydrogens (tertiary/aromatic N) is 1. The average Bonchev–Trinajstić information content (AvgIpc) is 2.41. The summed E-state index contributed by atoms with van der Waals surface area (Å²) in [6.45, 7) is 5.01. The summed E-state index contributed by atoms with van der Waals surface area (Å²) in [5.74, 6) is 0.644. The molecule has 0 unspecified atom stereocenters. The van der Waals surface area contributed by atoms with Crippen LogP contribution in [-0.2, 0) is 6.54 Å². The van der Waals surface area contributed by atoms with E-state index in [1.807, 2.05) is 18.3 Å². The van der Waals surface area contributed by atoms with Crippen molar-refractivity contribution in [3.8, 4) is 5.88 Å². The van der Waals surface area contributed by atoms with Crippen LogP contribution in [0.5, 0.6) is 5.88 Å². The van der Waals surface area contributed by atoms with Crippen LogP contribution in [0.3, 0.4) is 0 Å². The van der Waals surface area contributed by atoms with Gasteiger partial charge in [-0.25, -0.2) is 4.98 Å². The zero-order chi connectivity index (χ0) is 13.0. The molecule has 0 fully saturated rings. The fourth-order valence-corrected chi connectivity index (χ4v) is 1.78. The van der Waals surface area contributed by atoms with Gasteiger partial charge in [0.25, 0.3) is 0 Å². The van der Waals surface area contributed by atoms with Crippen molar-refractivity contribution < 1.29 is 4.74 Å². The van der Waals surface area contributed by atoms with Crippen LogP contribution in [0.15, 0.2) is 36.5 Å². The predicted octanol–water partition coefficient (Wildman–Crippen LogP) is 3.32. The highest BCUT2D eigenvalue weighted by molar-refractivity contribution is 5.53. The van der Waals surface area contributed by atoms with E-state index in [4.69, 9.17) is 4.74 Å². The summed E-state index contributed by atoms with van der Waals surface area (Å²) in [7, 11) is 1.62. The molecule has 2 aromatic rings. The van der Waals surface area contributed by atoms with Crippen molar-refractivity contribution in [2.24, 2.45) is 0 Å². The molecule has 2 rings (SSSR count). The smallest absolute Gasteiger partial charge is 0.212 e. The first-order valence-electron chi connectivity index (χ1n) is 5.99. The van der Waals surface area contributed by atoms with E-state index >= 15 is 0 Å². The summed E-state index contributed by atoms with van der Waals surface area (Å²) < 4.78 is 5.04. The maximum Gasteiger partial charge on any atom is 0.212 e. The number of ether oxygens (including phenoxy) is 1. The Hall–Kier alpha value is -2.03. The third-order valence-corrected chi connectivity index (χ3v) is 3.09. The van der Waals surface area contributed by atoms with Gasteiger partial charge in [-0.1, -0.05) is 18.2 Å². The molecule has 0 spiro atoms. The molecule has 0 radical (unpaired) electrons. The second-order valence-electron chi connectivity index (χ2n) is 4.31. The van der Waals surface area contributed by atoms with Crippen molar-refractivity contribution in [2.75, 3.05) is 12.4 Å². The molecule has 0 atom stereocenters. The summed E-state index contributed by atoms with van der Waals surface area (Å²) in [6.07, 6.45) is 1.83. The Morgan fingerprint density at radius 1 is 1.17 bits per heavy atom. The van der Waals surface area contributed by atoms with Crippen molar-refractivity contribution in [3.05, 3.63) is 53.2 Å². The molecular formula is C15H18N2O. The first-order chi connectivity index (χ1) is 8.70. The Kier molecular flexibility index (Phi) is 3.82. The van der Waals surface area contributed by atoms with Crippen molar-refractivity contribution >= 4 is 5.69 Å². The minimum Gasteiger partial charge on any atom is -0.481 e. The molecule has 1 heterocycles. The number of aromatic nitrogens is 1. The summed E-state index contributed by atoms with van der Waals surface area (Å²) in [5, 5.41) is 3.43. The molecule has 0 bridgehead atoms. The van der Waals surface area contributed by atoms with Gasteiger partial charge in [-0.2, -0.15) is 0 Å². The van der Waals surface area contributed by atoms with Crippen molar-refractivity contribution in [2.45, 2.75) is 20.4 Å². The second kappa shape index (κ2) is 5.54. The summed E-state index contributed by atoms with van der Waals surface area (Å²) in [4.78, 5) is 4.19. The number of aryl methyl sites for hydroxylation is 1. The average molecular weight is 242 g/mol. The molecule has 94 valence electrons. The lowest BCUT2D eigenvalue weighted by Crippen LogP contribution is -2.02. The molecule has 0 saturated heterocycles.